The summed E-state index contributed by atoms with van der Waals surface area (Å²) in [6, 6.07) is 6.08. The van der Waals surface area contributed by atoms with E-state index >= 15 is 0 Å². The SMILES string of the molecule is CSC(C)CNc1cccc(C)c1N. The lowest BCUT2D eigenvalue weighted by molar-refractivity contribution is 1.00. The molecule has 0 bridgehead atoms. The first-order valence-corrected chi connectivity index (χ1v) is 6.05. The number of anilines is 2. The Balaban J connectivity index is 2.63. The fourth-order valence-electron chi connectivity index (χ4n) is 1.17. The summed E-state index contributed by atoms with van der Waals surface area (Å²) in [5, 5.41) is 3.97. The summed E-state index contributed by atoms with van der Waals surface area (Å²) in [6.07, 6.45) is 2.12. The average molecular weight is 210 g/mol. The van der Waals surface area contributed by atoms with Crippen LogP contribution in [0.2, 0.25) is 0 Å². The molecule has 0 fully saturated rings. The van der Waals surface area contributed by atoms with Gasteiger partial charge in [-0.25, -0.2) is 0 Å². The number of aryl methyl sites for hydroxylation is 1. The molecule has 0 radical (unpaired) electrons. The summed E-state index contributed by atoms with van der Waals surface area (Å²) >= 11 is 1.85. The molecule has 0 amide bonds. The summed E-state index contributed by atoms with van der Waals surface area (Å²) < 4.78 is 0. The van der Waals surface area contributed by atoms with E-state index in [1.807, 2.05) is 36.9 Å². The van der Waals surface area contributed by atoms with Gasteiger partial charge in [-0.2, -0.15) is 11.8 Å². The van der Waals surface area contributed by atoms with Gasteiger partial charge in [-0.3, -0.25) is 0 Å². The predicted molar refractivity (Wildman–Crippen MR) is 67.1 cm³/mol. The number of nitrogens with two attached hydrogens (primary N) is 1. The number of nitrogens with one attached hydrogen (secondary N) is 1. The van der Waals surface area contributed by atoms with Crippen LogP contribution in [0.3, 0.4) is 0 Å². The molecule has 1 aromatic carbocycles. The quantitative estimate of drug-likeness (QED) is 0.750. The van der Waals surface area contributed by atoms with Crippen LogP contribution in [0.1, 0.15) is 12.5 Å². The zero-order valence-electron chi connectivity index (χ0n) is 9.00. The molecule has 0 saturated heterocycles. The number of hydrogen-bond acceptors (Lipinski definition) is 3. The van der Waals surface area contributed by atoms with Crippen LogP contribution >= 0.6 is 11.8 Å². The summed E-state index contributed by atoms with van der Waals surface area (Å²) in [4.78, 5) is 0. The van der Waals surface area contributed by atoms with E-state index in [-0.39, 0.29) is 0 Å². The predicted octanol–water partition coefficient (Wildman–Crippen LogP) is 2.74. The Morgan fingerprint density at radius 2 is 2.21 bits per heavy atom. The third kappa shape index (κ3) is 2.84. The molecule has 1 unspecified atom stereocenters. The lowest BCUT2D eigenvalue weighted by atomic mass is 10.2. The van der Waals surface area contributed by atoms with Crippen molar-refractivity contribution in [2.45, 2.75) is 19.1 Å². The van der Waals surface area contributed by atoms with Crippen molar-refractivity contribution in [3.05, 3.63) is 23.8 Å². The van der Waals surface area contributed by atoms with Crippen molar-refractivity contribution in [2.24, 2.45) is 0 Å². The lowest BCUT2D eigenvalue weighted by Crippen LogP contribution is -2.13. The fraction of sp³-hybridized carbons (Fsp3) is 0.455. The van der Waals surface area contributed by atoms with Crippen LogP contribution in [0.25, 0.3) is 0 Å². The van der Waals surface area contributed by atoms with Crippen LogP contribution in [0, 0.1) is 6.92 Å². The number of thioether (sulfide) groups is 1. The van der Waals surface area contributed by atoms with Crippen molar-refractivity contribution in [3.8, 4) is 0 Å². The molecule has 1 atom stereocenters. The molecule has 0 aliphatic rings. The highest BCUT2D eigenvalue weighted by molar-refractivity contribution is 7.99. The van der Waals surface area contributed by atoms with Crippen molar-refractivity contribution in [3.63, 3.8) is 0 Å². The van der Waals surface area contributed by atoms with E-state index in [1.54, 1.807) is 0 Å². The minimum Gasteiger partial charge on any atom is -0.397 e. The molecule has 1 aromatic rings. The van der Waals surface area contributed by atoms with Gasteiger partial charge in [0.15, 0.2) is 0 Å². The van der Waals surface area contributed by atoms with Gasteiger partial charge in [-0.15, -0.1) is 0 Å². The highest BCUT2D eigenvalue weighted by Crippen LogP contribution is 2.22. The summed E-state index contributed by atoms with van der Waals surface area (Å²) in [7, 11) is 0. The second kappa shape index (κ2) is 5.15. The van der Waals surface area contributed by atoms with E-state index in [1.165, 1.54) is 0 Å². The Bertz CT molecular complexity index is 299. The zero-order valence-corrected chi connectivity index (χ0v) is 9.82. The molecule has 78 valence electrons. The molecule has 0 aliphatic heterocycles. The van der Waals surface area contributed by atoms with E-state index in [9.17, 15) is 0 Å². The molecule has 3 N–H and O–H groups in total. The van der Waals surface area contributed by atoms with Crippen LogP contribution < -0.4 is 11.1 Å². The number of nitrogen functional groups attached to an aromatic ring is 1. The summed E-state index contributed by atoms with van der Waals surface area (Å²) in [5.41, 5.74) is 8.98. The Morgan fingerprint density at radius 1 is 1.50 bits per heavy atom. The topological polar surface area (TPSA) is 38.0 Å². The van der Waals surface area contributed by atoms with Crippen LogP contribution in [0.15, 0.2) is 18.2 Å². The number of benzene rings is 1. The van der Waals surface area contributed by atoms with Gasteiger partial charge < -0.3 is 11.1 Å². The van der Waals surface area contributed by atoms with Gasteiger partial charge in [-0.1, -0.05) is 19.1 Å². The second-order valence-electron chi connectivity index (χ2n) is 3.46. The molecule has 0 saturated carbocycles. The van der Waals surface area contributed by atoms with Crippen LogP contribution in [-0.4, -0.2) is 18.1 Å². The molecule has 1 rings (SSSR count). The van der Waals surface area contributed by atoms with Crippen molar-refractivity contribution in [1.29, 1.82) is 0 Å². The van der Waals surface area contributed by atoms with Crippen molar-refractivity contribution in [2.75, 3.05) is 23.9 Å². The number of rotatable bonds is 4. The van der Waals surface area contributed by atoms with Crippen LogP contribution in [0.5, 0.6) is 0 Å². The van der Waals surface area contributed by atoms with E-state index in [2.05, 4.69) is 18.5 Å². The smallest absolute Gasteiger partial charge is 0.0579 e. The van der Waals surface area contributed by atoms with Crippen molar-refractivity contribution in [1.82, 2.24) is 0 Å². The molecular weight excluding hydrogens is 192 g/mol. The Kier molecular flexibility index (Phi) is 4.14. The Labute approximate surface area is 90.3 Å². The molecule has 0 heterocycles. The Morgan fingerprint density at radius 3 is 2.86 bits per heavy atom. The van der Waals surface area contributed by atoms with Gasteiger partial charge in [0.25, 0.3) is 0 Å². The third-order valence-corrected chi connectivity index (χ3v) is 3.28. The molecule has 0 spiro atoms. The van der Waals surface area contributed by atoms with Crippen LogP contribution in [-0.2, 0) is 0 Å². The highest BCUT2D eigenvalue weighted by Gasteiger charge is 2.02. The third-order valence-electron chi connectivity index (χ3n) is 2.31. The monoisotopic (exact) mass is 210 g/mol. The Hall–Kier alpha value is -0.830. The standard InChI is InChI=1S/C11H18N2S/c1-8-5-4-6-10(11(8)12)13-7-9(2)14-3/h4-6,9,13H,7,12H2,1-3H3. The molecular formula is C11H18N2S. The van der Waals surface area contributed by atoms with E-state index in [4.69, 9.17) is 5.73 Å². The molecule has 0 aromatic heterocycles. The maximum Gasteiger partial charge on any atom is 0.0579 e. The zero-order chi connectivity index (χ0) is 10.6. The van der Waals surface area contributed by atoms with E-state index < -0.39 is 0 Å². The fourth-order valence-corrected chi connectivity index (χ4v) is 1.42. The minimum absolute atomic E-state index is 0.606. The van der Waals surface area contributed by atoms with Gasteiger partial charge in [-0.05, 0) is 24.8 Å². The minimum atomic E-state index is 0.606. The van der Waals surface area contributed by atoms with E-state index in [0.717, 1.165) is 23.5 Å². The van der Waals surface area contributed by atoms with Gasteiger partial charge in [0.1, 0.15) is 0 Å². The van der Waals surface area contributed by atoms with Gasteiger partial charge >= 0.3 is 0 Å². The first kappa shape index (κ1) is 11.2. The van der Waals surface area contributed by atoms with Gasteiger partial charge in [0, 0.05) is 11.8 Å². The van der Waals surface area contributed by atoms with Crippen molar-refractivity contribution < 1.29 is 0 Å². The second-order valence-corrected chi connectivity index (χ2v) is 4.74. The van der Waals surface area contributed by atoms with Crippen molar-refractivity contribution >= 4 is 23.1 Å². The number of hydrogen-bond donors (Lipinski definition) is 2. The normalized spacial score (nSPS) is 12.5. The average Bonchev–Trinajstić information content (AvgIpc) is 2.20. The largest absolute Gasteiger partial charge is 0.397 e. The first-order chi connectivity index (χ1) is 6.65. The summed E-state index contributed by atoms with van der Waals surface area (Å²) in [6.45, 7) is 5.18. The maximum absolute atomic E-state index is 5.94. The molecule has 2 nitrogen and oxygen atoms in total. The van der Waals surface area contributed by atoms with E-state index in [0.29, 0.717) is 5.25 Å². The van der Waals surface area contributed by atoms with Gasteiger partial charge in [0.2, 0.25) is 0 Å². The molecule has 3 heteroatoms. The maximum atomic E-state index is 5.94. The molecule has 0 aliphatic carbocycles. The number of para-hydroxylation sites is 1. The first-order valence-electron chi connectivity index (χ1n) is 4.77. The summed E-state index contributed by atoms with van der Waals surface area (Å²) in [5.74, 6) is 0. The lowest BCUT2D eigenvalue weighted by Gasteiger charge is -2.13. The highest BCUT2D eigenvalue weighted by atomic mass is 32.2. The van der Waals surface area contributed by atoms with Gasteiger partial charge in [0.05, 0.1) is 11.4 Å². The molecule has 14 heavy (non-hydrogen) atoms. The van der Waals surface area contributed by atoms with Crippen LogP contribution in [0.4, 0.5) is 11.4 Å².